The first-order valence-electron chi connectivity index (χ1n) is 5.25. The average molecular weight is 199 g/mol. The maximum atomic E-state index is 5.82. The van der Waals surface area contributed by atoms with E-state index in [1.807, 2.05) is 25.8 Å². The first-order chi connectivity index (χ1) is 6.59. The minimum absolute atomic E-state index is 0.252. The summed E-state index contributed by atoms with van der Waals surface area (Å²) in [5, 5.41) is 0. The molecule has 0 radical (unpaired) electrons. The molecule has 0 amide bonds. The number of hydrogen-bond acceptors (Lipinski definition) is 2. The van der Waals surface area contributed by atoms with E-state index in [9.17, 15) is 0 Å². The highest BCUT2D eigenvalue weighted by atomic mass is 16.5. The SMILES string of the molecule is CC(C)N=C(N)N(C)CC1CCCO1. The number of rotatable bonds is 3. The maximum Gasteiger partial charge on any atom is 0.191 e. The molecule has 1 saturated heterocycles. The zero-order chi connectivity index (χ0) is 10.6. The highest BCUT2D eigenvalue weighted by Crippen LogP contribution is 2.12. The molecule has 0 aliphatic carbocycles. The molecule has 1 heterocycles. The third-order valence-electron chi connectivity index (χ3n) is 2.28. The Morgan fingerprint density at radius 2 is 2.36 bits per heavy atom. The lowest BCUT2D eigenvalue weighted by atomic mass is 10.2. The van der Waals surface area contributed by atoms with Crippen molar-refractivity contribution in [1.82, 2.24) is 4.90 Å². The van der Waals surface area contributed by atoms with Gasteiger partial charge in [0.2, 0.25) is 0 Å². The second-order valence-electron chi connectivity index (χ2n) is 4.10. The Morgan fingerprint density at radius 3 is 2.86 bits per heavy atom. The molecule has 0 spiro atoms. The van der Waals surface area contributed by atoms with Crippen molar-refractivity contribution < 1.29 is 4.74 Å². The van der Waals surface area contributed by atoms with Gasteiger partial charge in [-0.25, -0.2) is 0 Å². The van der Waals surface area contributed by atoms with Crippen LogP contribution in [0.25, 0.3) is 0 Å². The Hall–Kier alpha value is -0.770. The zero-order valence-electron chi connectivity index (χ0n) is 9.36. The van der Waals surface area contributed by atoms with Gasteiger partial charge in [0.15, 0.2) is 5.96 Å². The molecule has 82 valence electrons. The molecule has 1 aliphatic rings. The third kappa shape index (κ3) is 3.54. The van der Waals surface area contributed by atoms with Crippen LogP contribution in [0.4, 0.5) is 0 Å². The fourth-order valence-corrected chi connectivity index (χ4v) is 1.55. The van der Waals surface area contributed by atoms with Crippen LogP contribution >= 0.6 is 0 Å². The molecule has 1 fully saturated rings. The quantitative estimate of drug-likeness (QED) is 0.541. The van der Waals surface area contributed by atoms with Crippen molar-refractivity contribution in [2.24, 2.45) is 10.7 Å². The Labute approximate surface area is 86.1 Å². The molecule has 4 nitrogen and oxygen atoms in total. The average Bonchev–Trinajstić information content (AvgIpc) is 2.55. The molecule has 1 rings (SSSR count). The van der Waals surface area contributed by atoms with Gasteiger partial charge in [0.1, 0.15) is 0 Å². The van der Waals surface area contributed by atoms with E-state index in [1.54, 1.807) is 0 Å². The van der Waals surface area contributed by atoms with Crippen molar-refractivity contribution in [3.63, 3.8) is 0 Å². The summed E-state index contributed by atoms with van der Waals surface area (Å²) >= 11 is 0. The molecule has 0 aromatic heterocycles. The standard InChI is InChI=1S/C10H21N3O/c1-8(2)12-10(11)13(3)7-9-5-4-6-14-9/h8-9H,4-7H2,1-3H3,(H2,11,12). The summed E-state index contributed by atoms with van der Waals surface area (Å²) in [6, 6.07) is 0.252. The van der Waals surface area contributed by atoms with Gasteiger partial charge in [0.25, 0.3) is 0 Å². The highest BCUT2D eigenvalue weighted by molar-refractivity contribution is 5.77. The molecule has 4 heteroatoms. The number of nitrogens with zero attached hydrogens (tertiary/aromatic N) is 2. The Bertz CT molecular complexity index is 198. The molecule has 1 unspecified atom stereocenters. The van der Waals surface area contributed by atoms with E-state index < -0.39 is 0 Å². The largest absolute Gasteiger partial charge is 0.376 e. The highest BCUT2D eigenvalue weighted by Gasteiger charge is 2.18. The van der Waals surface area contributed by atoms with Gasteiger partial charge in [0.05, 0.1) is 6.10 Å². The topological polar surface area (TPSA) is 50.8 Å². The van der Waals surface area contributed by atoms with Crippen LogP contribution in [-0.4, -0.2) is 43.2 Å². The van der Waals surface area contributed by atoms with Gasteiger partial charge >= 0.3 is 0 Å². The van der Waals surface area contributed by atoms with Crippen molar-refractivity contribution in [2.45, 2.75) is 38.8 Å². The van der Waals surface area contributed by atoms with Crippen LogP contribution in [0.15, 0.2) is 4.99 Å². The fourth-order valence-electron chi connectivity index (χ4n) is 1.55. The minimum Gasteiger partial charge on any atom is -0.376 e. The van der Waals surface area contributed by atoms with Gasteiger partial charge < -0.3 is 15.4 Å². The van der Waals surface area contributed by atoms with Crippen LogP contribution in [0.3, 0.4) is 0 Å². The summed E-state index contributed by atoms with van der Waals surface area (Å²) in [6.45, 7) is 5.78. The third-order valence-corrected chi connectivity index (χ3v) is 2.28. The summed E-state index contributed by atoms with van der Waals surface area (Å²) in [4.78, 5) is 6.25. The van der Waals surface area contributed by atoms with E-state index in [0.29, 0.717) is 12.1 Å². The van der Waals surface area contributed by atoms with Crippen LogP contribution in [0.2, 0.25) is 0 Å². The molecule has 0 aromatic carbocycles. The smallest absolute Gasteiger partial charge is 0.191 e. The van der Waals surface area contributed by atoms with Crippen LogP contribution in [0.1, 0.15) is 26.7 Å². The molecule has 14 heavy (non-hydrogen) atoms. The number of guanidine groups is 1. The molecule has 1 atom stereocenters. The van der Waals surface area contributed by atoms with Gasteiger partial charge in [-0.15, -0.1) is 0 Å². The van der Waals surface area contributed by atoms with Crippen LogP contribution in [0.5, 0.6) is 0 Å². The van der Waals surface area contributed by atoms with Gasteiger partial charge in [-0.1, -0.05) is 0 Å². The van der Waals surface area contributed by atoms with Gasteiger partial charge in [-0.2, -0.15) is 0 Å². The second-order valence-corrected chi connectivity index (χ2v) is 4.10. The number of nitrogens with two attached hydrogens (primary N) is 1. The van der Waals surface area contributed by atoms with Crippen molar-refractivity contribution in [2.75, 3.05) is 20.2 Å². The summed E-state index contributed by atoms with van der Waals surface area (Å²) in [7, 11) is 1.96. The first kappa shape index (κ1) is 11.3. The van der Waals surface area contributed by atoms with E-state index in [2.05, 4.69) is 4.99 Å². The molecule has 0 aromatic rings. The van der Waals surface area contributed by atoms with Crippen molar-refractivity contribution >= 4 is 5.96 Å². The molecule has 2 N–H and O–H groups in total. The molecular formula is C10H21N3O. The van der Waals surface area contributed by atoms with Gasteiger partial charge in [-0.3, -0.25) is 4.99 Å². The lowest BCUT2D eigenvalue weighted by Gasteiger charge is -2.22. The van der Waals surface area contributed by atoms with Crippen molar-refractivity contribution in [3.05, 3.63) is 0 Å². The predicted molar refractivity (Wildman–Crippen MR) is 58.4 cm³/mol. The fraction of sp³-hybridized carbons (Fsp3) is 0.900. The van der Waals surface area contributed by atoms with Crippen LogP contribution in [-0.2, 0) is 4.74 Å². The normalized spacial score (nSPS) is 23.1. The molecule has 0 bridgehead atoms. The van der Waals surface area contributed by atoms with E-state index >= 15 is 0 Å². The summed E-state index contributed by atoms with van der Waals surface area (Å²) in [5.41, 5.74) is 5.82. The minimum atomic E-state index is 0.252. The first-order valence-corrected chi connectivity index (χ1v) is 5.25. The number of ether oxygens (including phenoxy) is 1. The Kier molecular flexibility index (Phi) is 4.20. The maximum absolute atomic E-state index is 5.82. The summed E-state index contributed by atoms with van der Waals surface area (Å²) in [6.07, 6.45) is 2.64. The van der Waals surface area contributed by atoms with Gasteiger partial charge in [0, 0.05) is 26.2 Å². The van der Waals surface area contributed by atoms with Crippen molar-refractivity contribution in [3.8, 4) is 0 Å². The Morgan fingerprint density at radius 1 is 1.64 bits per heavy atom. The Balaban J connectivity index is 2.36. The second kappa shape index (κ2) is 5.20. The zero-order valence-corrected chi connectivity index (χ0v) is 9.36. The number of hydrogen-bond donors (Lipinski definition) is 1. The van der Waals surface area contributed by atoms with E-state index in [1.165, 1.54) is 6.42 Å². The molecule has 1 aliphatic heterocycles. The van der Waals surface area contributed by atoms with E-state index in [4.69, 9.17) is 10.5 Å². The predicted octanol–water partition coefficient (Wildman–Crippen LogP) is 0.820. The lowest BCUT2D eigenvalue weighted by molar-refractivity contribution is 0.0955. The van der Waals surface area contributed by atoms with Gasteiger partial charge in [-0.05, 0) is 26.7 Å². The van der Waals surface area contributed by atoms with E-state index in [0.717, 1.165) is 19.6 Å². The van der Waals surface area contributed by atoms with Crippen molar-refractivity contribution in [1.29, 1.82) is 0 Å². The lowest BCUT2D eigenvalue weighted by Crippen LogP contribution is -2.39. The summed E-state index contributed by atoms with van der Waals surface area (Å²) < 4.78 is 5.53. The van der Waals surface area contributed by atoms with Crippen LogP contribution < -0.4 is 5.73 Å². The summed E-state index contributed by atoms with van der Waals surface area (Å²) in [5.74, 6) is 0.607. The molecule has 0 saturated carbocycles. The molecular weight excluding hydrogens is 178 g/mol. The van der Waals surface area contributed by atoms with Crippen LogP contribution in [0, 0.1) is 0 Å². The van der Waals surface area contributed by atoms with E-state index in [-0.39, 0.29) is 6.04 Å². The monoisotopic (exact) mass is 199 g/mol. The number of aliphatic imine (C=N–C) groups is 1. The number of likely N-dealkylation sites (N-methyl/N-ethyl adjacent to an activating group) is 1.